The molecule has 0 spiro atoms. The molecule has 3 atom stereocenters. The Hall–Kier alpha value is -3.32. The summed E-state index contributed by atoms with van der Waals surface area (Å²) in [7, 11) is 0. The van der Waals surface area contributed by atoms with Gasteiger partial charge in [-0.25, -0.2) is 15.0 Å². The average Bonchev–Trinajstić information content (AvgIpc) is 3.34. The molecular weight excluding hydrogens is 418 g/mol. The van der Waals surface area contributed by atoms with Crippen LogP contribution in [0.25, 0.3) is 21.3 Å². The van der Waals surface area contributed by atoms with Gasteiger partial charge in [0.2, 0.25) is 5.95 Å². The average molecular weight is 442 g/mol. The summed E-state index contributed by atoms with van der Waals surface area (Å²) < 4.78 is 0. The first-order valence-electron chi connectivity index (χ1n) is 11.0. The first-order chi connectivity index (χ1) is 15.7. The number of carbonyl (C=O) groups excluding carboxylic acids is 1. The van der Waals surface area contributed by atoms with Gasteiger partial charge in [0.1, 0.15) is 5.69 Å². The van der Waals surface area contributed by atoms with Gasteiger partial charge in [-0.2, -0.15) is 0 Å². The smallest absolute Gasteiger partial charge is 0.274 e. The van der Waals surface area contributed by atoms with Crippen molar-refractivity contribution in [3.63, 3.8) is 0 Å². The minimum absolute atomic E-state index is 0.0339. The zero-order valence-corrected chi connectivity index (χ0v) is 18.5. The van der Waals surface area contributed by atoms with E-state index in [-0.39, 0.29) is 11.9 Å². The van der Waals surface area contributed by atoms with Crippen LogP contribution in [0.15, 0.2) is 60.8 Å². The Labute approximate surface area is 190 Å². The molecule has 2 aliphatic rings. The van der Waals surface area contributed by atoms with Gasteiger partial charge in [0.25, 0.3) is 5.91 Å². The van der Waals surface area contributed by atoms with Crippen LogP contribution < -0.4 is 5.32 Å². The van der Waals surface area contributed by atoms with E-state index < -0.39 is 0 Å². The molecule has 1 aliphatic heterocycles. The molecule has 2 fully saturated rings. The second-order valence-corrected chi connectivity index (χ2v) is 9.80. The number of amides is 1. The van der Waals surface area contributed by atoms with E-state index in [1.165, 1.54) is 6.42 Å². The van der Waals surface area contributed by atoms with Gasteiger partial charge in [-0.3, -0.25) is 4.79 Å². The Bertz CT molecular complexity index is 1300. The summed E-state index contributed by atoms with van der Waals surface area (Å²) in [6, 6.07) is 18.2. The number of likely N-dealkylation sites (tertiary alicyclic amines) is 1. The molecule has 1 amide bonds. The summed E-state index contributed by atoms with van der Waals surface area (Å²) in [6.07, 6.45) is 3.03. The number of rotatable bonds is 5. The molecule has 3 heterocycles. The van der Waals surface area contributed by atoms with Gasteiger partial charge in [-0.05, 0) is 36.8 Å². The predicted octanol–water partition coefficient (Wildman–Crippen LogP) is 4.63. The highest BCUT2D eigenvalue weighted by Crippen LogP contribution is 2.50. The Balaban J connectivity index is 1.24. The second kappa shape index (κ2) is 7.67. The van der Waals surface area contributed by atoms with Crippen molar-refractivity contribution >= 4 is 34.1 Å². The summed E-state index contributed by atoms with van der Waals surface area (Å²) in [5.41, 5.74) is 2.54. The molecule has 2 aromatic heterocycles. The summed E-state index contributed by atoms with van der Waals surface area (Å²) in [5.74, 6) is 1.79. The van der Waals surface area contributed by atoms with Gasteiger partial charge in [0, 0.05) is 24.7 Å². The highest BCUT2D eigenvalue weighted by molar-refractivity contribution is 7.15. The van der Waals surface area contributed by atoms with Crippen molar-refractivity contribution in [1.82, 2.24) is 19.9 Å². The maximum absolute atomic E-state index is 13.6. The SMILES string of the molecule is Cc1nc(C(=O)N2C[C@H]3C[C@H]3[C@H]2CNc2ncc3ccccc3n2)c(-c2ccccc2)s1. The standard InChI is InChI=1S/C25H23N5OS/c1-15-28-22(23(32-15)16-7-3-2-4-8-16)24(31)30-14-18-11-19(18)21(30)13-27-25-26-12-17-9-5-6-10-20(17)29-25/h2-10,12,18-19,21H,11,13-14H2,1H3,(H,26,27,29)/t18-,19-,21-/m1/s1. The van der Waals surface area contributed by atoms with E-state index in [4.69, 9.17) is 0 Å². The zero-order valence-electron chi connectivity index (χ0n) is 17.7. The van der Waals surface area contributed by atoms with Gasteiger partial charge < -0.3 is 10.2 Å². The lowest BCUT2D eigenvalue weighted by molar-refractivity contribution is 0.0711. The number of nitrogens with one attached hydrogen (secondary N) is 1. The van der Waals surface area contributed by atoms with Crippen LogP contribution in [0.1, 0.15) is 21.9 Å². The maximum Gasteiger partial charge on any atom is 0.274 e. The van der Waals surface area contributed by atoms with Crippen LogP contribution in [-0.2, 0) is 0 Å². The van der Waals surface area contributed by atoms with Crippen LogP contribution in [-0.4, -0.2) is 44.9 Å². The predicted molar refractivity (Wildman–Crippen MR) is 127 cm³/mol. The topological polar surface area (TPSA) is 71.0 Å². The van der Waals surface area contributed by atoms with Crippen LogP contribution in [0.4, 0.5) is 5.95 Å². The normalized spacial score (nSPS) is 21.5. The van der Waals surface area contributed by atoms with Crippen LogP contribution in [0.5, 0.6) is 0 Å². The quantitative estimate of drug-likeness (QED) is 0.489. The summed E-state index contributed by atoms with van der Waals surface area (Å²) in [4.78, 5) is 30.3. The maximum atomic E-state index is 13.6. The van der Waals surface area contributed by atoms with Crippen molar-refractivity contribution in [2.45, 2.75) is 19.4 Å². The van der Waals surface area contributed by atoms with Gasteiger partial charge in [-0.15, -0.1) is 11.3 Å². The molecule has 1 N–H and O–H groups in total. The van der Waals surface area contributed by atoms with Crippen molar-refractivity contribution < 1.29 is 4.79 Å². The number of thiazole rings is 1. The molecule has 1 saturated carbocycles. The number of hydrogen-bond donors (Lipinski definition) is 1. The first-order valence-corrected chi connectivity index (χ1v) is 11.8. The molecular formula is C25H23N5OS. The third-order valence-corrected chi connectivity index (χ3v) is 7.51. The van der Waals surface area contributed by atoms with Crippen LogP contribution in [0.2, 0.25) is 0 Å². The molecule has 32 heavy (non-hydrogen) atoms. The number of nitrogens with zero attached hydrogens (tertiary/aromatic N) is 4. The lowest BCUT2D eigenvalue weighted by atomic mass is 10.1. The number of benzene rings is 2. The molecule has 1 aliphatic carbocycles. The number of hydrogen-bond acceptors (Lipinski definition) is 6. The minimum atomic E-state index is 0.0339. The summed E-state index contributed by atoms with van der Waals surface area (Å²) >= 11 is 1.58. The van der Waals surface area contributed by atoms with Crippen molar-refractivity contribution in [2.24, 2.45) is 11.8 Å². The van der Waals surface area contributed by atoms with Gasteiger partial charge in [0.05, 0.1) is 21.4 Å². The van der Waals surface area contributed by atoms with Crippen molar-refractivity contribution in [2.75, 3.05) is 18.4 Å². The Morgan fingerprint density at radius 1 is 1.12 bits per heavy atom. The number of aryl methyl sites for hydroxylation is 1. The summed E-state index contributed by atoms with van der Waals surface area (Å²) in [6.45, 7) is 3.42. The minimum Gasteiger partial charge on any atom is -0.352 e. The number of fused-ring (bicyclic) bond motifs is 2. The molecule has 1 saturated heterocycles. The molecule has 0 bridgehead atoms. The van der Waals surface area contributed by atoms with Crippen molar-refractivity contribution in [3.8, 4) is 10.4 Å². The lowest BCUT2D eigenvalue weighted by Gasteiger charge is -2.27. The third kappa shape index (κ3) is 3.42. The Morgan fingerprint density at radius 3 is 2.81 bits per heavy atom. The Kier molecular flexibility index (Phi) is 4.64. The van der Waals surface area contributed by atoms with E-state index in [2.05, 4.69) is 20.3 Å². The van der Waals surface area contributed by atoms with E-state index in [1.54, 1.807) is 11.3 Å². The zero-order chi connectivity index (χ0) is 21.7. The van der Waals surface area contributed by atoms with E-state index >= 15 is 0 Å². The van der Waals surface area contributed by atoms with Crippen molar-refractivity contribution in [3.05, 3.63) is 71.5 Å². The van der Waals surface area contributed by atoms with Crippen molar-refractivity contribution in [1.29, 1.82) is 0 Å². The van der Waals surface area contributed by atoms with E-state index in [9.17, 15) is 4.79 Å². The first kappa shape index (κ1) is 19.4. The second-order valence-electron chi connectivity index (χ2n) is 8.59. The number of piperidine rings is 1. The monoisotopic (exact) mass is 441 g/mol. The molecule has 4 aromatic rings. The summed E-state index contributed by atoms with van der Waals surface area (Å²) in [5, 5.41) is 5.32. The molecule has 6 rings (SSSR count). The Morgan fingerprint density at radius 2 is 1.94 bits per heavy atom. The fourth-order valence-corrected chi connectivity index (χ4v) is 5.73. The molecule has 0 unspecified atom stereocenters. The lowest BCUT2D eigenvalue weighted by Crippen LogP contribution is -2.42. The number of aromatic nitrogens is 3. The fourth-order valence-electron chi connectivity index (χ4n) is 4.81. The molecule has 2 aromatic carbocycles. The molecule has 0 radical (unpaired) electrons. The van der Waals surface area contributed by atoms with Gasteiger partial charge in [-0.1, -0.05) is 48.5 Å². The van der Waals surface area contributed by atoms with Gasteiger partial charge in [0.15, 0.2) is 0 Å². The number of anilines is 1. The van der Waals surface area contributed by atoms with E-state index in [0.717, 1.165) is 32.9 Å². The van der Waals surface area contributed by atoms with Crippen LogP contribution in [0.3, 0.4) is 0 Å². The molecule has 160 valence electrons. The number of para-hydroxylation sites is 1. The van der Waals surface area contributed by atoms with Crippen LogP contribution in [0, 0.1) is 18.8 Å². The highest BCUT2D eigenvalue weighted by Gasteiger charge is 2.54. The van der Waals surface area contributed by atoms with Gasteiger partial charge >= 0.3 is 0 Å². The number of carbonyl (C=O) groups is 1. The van der Waals surface area contributed by atoms with E-state index in [1.807, 2.05) is 72.6 Å². The fraction of sp³-hybridized carbons (Fsp3) is 0.280. The largest absolute Gasteiger partial charge is 0.352 e. The highest BCUT2D eigenvalue weighted by atomic mass is 32.1. The molecule has 6 nitrogen and oxygen atoms in total. The molecule has 7 heteroatoms. The van der Waals surface area contributed by atoms with E-state index in [0.29, 0.717) is 30.0 Å². The third-order valence-electron chi connectivity index (χ3n) is 6.49. The van der Waals surface area contributed by atoms with Crippen LogP contribution >= 0.6 is 11.3 Å².